The van der Waals surface area contributed by atoms with E-state index in [1.165, 1.54) is 12.1 Å². The van der Waals surface area contributed by atoms with E-state index in [4.69, 9.17) is 4.74 Å². The molecular formula is C41H33NO7. The fourth-order valence-corrected chi connectivity index (χ4v) is 8.80. The number of fused-ring (bicyclic) bond motifs is 4. The lowest BCUT2D eigenvalue weighted by Crippen LogP contribution is -2.58. The number of hydroxylamine groups is 2. The molecule has 1 saturated heterocycles. The van der Waals surface area contributed by atoms with E-state index in [0.717, 1.165) is 5.56 Å². The maximum absolute atomic E-state index is 15.0. The number of benzene rings is 4. The van der Waals surface area contributed by atoms with Gasteiger partial charge < -0.3 is 9.84 Å². The molecule has 8 heteroatoms. The average molecular weight is 652 g/mol. The van der Waals surface area contributed by atoms with Crippen molar-refractivity contribution in [1.29, 1.82) is 0 Å². The number of carbonyl (C=O) groups excluding carboxylic acids is 4. The highest BCUT2D eigenvalue weighted by molar-refractivity contribution is 6.31. The molecule has 49 heavy (non-hydrogen) atoms. The molecule has 244 valence electrons. The van der Waals surface area contributed by atoms with E-state index < -0.39 is 46.8 Å². The minimum atomic E-state index is -1.47. The number of Topliss-reactive ketones (excluding diaryl/α,β-unsaturated/α-hetero) is 1. The van der Waals surface area contributed by atoms with Crippen LogP contribution in [0.25, 0.3) is 5.57 Å². The van der Waals surface area contributed by atoms with Crippen molar-refractivity contribution >= 4 is 29.0 Å². The Hall–Kier alpha value is -5.60. The Labute approximate surface area is 282 Å². The average Bonchev–Trinajstić information content (AvgIpc) is 3.36. The Morgan fingerprint density at radius 2 is 1.47 bits per heavy atom. The van der Waals surface area contributed by atoms with Gasteiger partial charge in [0, 0.05) is 29.0 Å². The van der Waals surface area contributed by atoms with Crippen LogP contribution in [0.1, 0.15) is 41.0 Å². The van der Waals surface area contributed by atoms with E-state index in [2.05, 4.69) is 0 Å². The molecule has 8 nitrogen and oxygen atoms in total. The van der Waals surface area contributed by atoms with Crippen LogP contribution in [0, 0.1) is 23.7 Å². The van der Waals surface area contributed by atoms with Crippen LogP contribution in [-0.4, -0.2) is 38.8 Å². The summed E-state index contributed by atoms with van der Waals surface area (Å²) in [6.07, 6.45) is 3.61. The lowest BCUT2D eigenvalue weighted by molar-refractivity contribution is -0.173. The zero-order valence-corrected chi connectivity index (χ0v) is 26.4. The molecule has 2 amide bonds. The van der Waals surface area contributed by atoms with Crippen molar-refractivity contribution in [2.75, 3.05) is 0 Å². The molecule has 0 bridgehead atoms. The quantitative estimate of drug-likeness (QED) is 0.145. The van der Waals surface area contributed by atoms with Crippen molar-refractivity contribution < 1.29 is 34.2 Å². The third-order valence-electron chi connectivity index (χ3n) is 10.9. The van der Waals surface area contributed by atoms with Gasteiger partial charge in [-0.25, -0.2) is 0 Å². The Kier molecular flexibility index (Phi) is 7.41. The third kappa shape index (κ3) is 4.70. The van der Waals surface area contributed by atoms with Crippen LogP contribution in [0.15, 0.2) is 127 Å². The molecule has 6 atom stereocenters. The number of hydrogen-bond acceptors (Lipinski definition) is 7. The first-order valence-corrected chi connectivity index (χ1v) is 16.5. The lowest BCUT2D eigenvalue weighted by atomic mass is 9.44. The first-order valence-electron chi connectivity index (χ1n) is 16.5. The maximum Gasteiger partial charge on any atom is 0.257 e. The van der Waals surface area contributed by atoms with Gasteiger partial charge in [0.1, 0.15) is 18.1 Å². The largest absolute Gasteiger partial charge is 0.508 e. The number of rotatable bonds is 6. The monoisotopic (exact) mass is 651 g/mol. The van der Waals surface area contributed by atoms with Gasteiger partial charge in [0.15, 0.2) is 11.6 Å². The highest BCUT2D eigenvalue weighted by Gasteiger charge is 2.66. The summed E-state index contributed by atoms with van der Waals surface area (Å²) >= 11 is 0. The van der Waals surface area contributed by atoms with Crippen molar-refractivity contribution in [3.8, 4) is 11.5 Å². The standard InChI is InChI=1S/C41H33NO7/c43-34-20-27(49-23-24-10-4-1-5-11-24)16-17-29(34)37-28-18-19-30-36(40(47)42(48)39(30)46)32(28)21-33-38(45)31(25-12-6-2-7-13-25)22-35(44)41(33,37)26-14-8-3-9-15-26/h1-18,20,22,30,32-33,36-37,43,48H,19,21,23H2/t30-,32+,33-,36-,37+,41-/m0/s1. The predicted molar refractivity (Wildman–Crippen MR) is 179 cm³/mol. The minimum absolute atomic E-state index is 0.110. The van der Waals surface area contributed by atoms with Crippen LogP contribution < -0.4 is 4.74 Å². The molecule has 0 aromatic heterocycles. The van der Waals surface area contributed by atoms with Crippen molar-refractivity contribution in [2.45, 2.75) is 30.8 Å². The van der Waals surface area contributed by atoms with Crippen molar-refractivity contribution in [1.82, 2.24) is 5.06 Å². The number of phenolic OH excluding ortho intramolecular Hbond substituents is 1. The summed E-state index contributed by atoms with van der Waals surface area (Å²) in [5.74, 6) is -5.75. The number of aromatic hydroxyl groups is 1. The number of hydrogen-bond donors (Lipinski definition) is 2. The van der Waals surface area contributed by atoms with E-state index in [0.29, 0.717) is 28.0 Å². The number of allylic oxidation sites excluding steroid dienone is 4. The van der Waals surface area contributed by atoms with Gasteiger partial charge >= 0.3 is 0 Å². The summed E-state index contributed by atoms with van der Waals surface area (Å²) in [6.45, 7) is 0.281. The van der Waals surface area contributed by atoms with E-state index in [9.17, 15) is 24.7 Å². The molecule has 3 aliphatic carbocycles. The highest BCUT2D eigenvalue weighted by Crippen LogP contribution is 2.64. The topological polar surface area (TPSA) is 121 Å². The molecule has 0 radical (unpaired) electrons. The van der Waals surface area contributed by atoms with Crippen LogP contribution in [-0.2, 0) is 31.2 Å². The molecule has 2 fully saturated rings. The lowest BCUT2D eigenvalue weighted by Gasteiger charge is -2.55. The summed E-state index contributed by atoms with van der Waals surface area (Å²) in [7, 11) is 0. The molecule has 0 spiro atoms. The number of phenols is 1. The SMILES string of the molecule is O=C1C(c2ccccc2)=CC(=O)[C@@]2(c3ccccc3)[C@@H](c3ccc(OCc4ccccc4)cc3O)C3=CC[C@@H]4C(=O)N(O)C(=O)[C@@H]4[C@@H]3C[C@@H]12. The van der Waals surface area contributed by atoms with Gasteiger partial charge in [-0.3, -0.25) is 24.4 Å². The highest BCUT2D eigenvalue weighted by atomic mass is 16.5. The number of nitrogens with zero attached hydrogens (tertiary/aromatic N) is 1. The zero-order valence-electron chi connectivity index (χ0n) is 26.4. The number of ether oxygens (including phenoxy) is 1. The Morgan fingerprint density at radius 3 is 2.16 bits per heavy atom. The molecule has 2 N–H and O–H groups in total. The Bertz CT molecular complexity index is 2060. The minimum Gasteiger partial charge on any atom is -0.508 e. The van der Waals surface area contributed by atoms with Crippen LogP contribution in [0.2, 0.25) is 0 Å². The second-order valence-corrected chi connectivity index (χ2v) is 13.3. The molecule has 4 aromatic rings. The van der Waals surface area contributed by atoms with Crippen molar-refractivity contribution in [2.24, 2.45) is 23.7 Å². The summed E-state index contributed by atoms with van der Waals surface area (Å²) < 4.78 is 6.01. The molecule has 4 aromatic carbocycles. The third-order valence-corrected chi connectivity index (χ3v) is 10.9. The van der Waals surface area contributed by atoms with Crippen molar-refractivity contribution in [3.63, 3.8) is 0 Å². The van der Waals surface area contributed by atoms with E-state index in [1.807, 2.05) is 72.8 Å². The summed E-state index contributed by atoms with van der Waals surface area (Å²) in [6, 6.07) is 32.8. The second kappa shape index (κ2) is 11.8. The van der Waals surface area contributed by atoms with Crippen LogP contribution >= 0.6 is 0 Å². The molecule has 8 rings (SSSR count). The fourth-order valence-electron chi connectivity index (χ4n) is 8.80. The van der Waals surface area contributed by atoms with Crippen LogP contribution in [0.4, 0.5) is 0 Å². The second-order valence-electron chi connectivity index (χ2n) is 13.3. The smallest absolute Gasteiger partial charge is 0.257 e. The first kappa shape index (κ1) is 30.7. The van der Waals surface area contributed by atoms with Gasteiger partial charge in [0.2, 0.25) is 0 Å². The molecule has 1 aliphatic heterocycles. The molecule has 1 heterocycles. The van der Waals surface area contributed by atoms with E-state index in [1.54, 1.807) is 36.4 Å². The van der Waals surface area contributed by atoms with Crippen molar-refractivity contribution in [3.05, 3.63) is 149 Å². The Morgan fingerprint density at radius 1 is 0.796 bits per heavy atom. The van der Waals surface area contributed by atoms with Gasteiger partial charge in [-0.15, -0.1) is 0 Å². The number of carbonyl (C=O) groups is 4. The van der Waals surface area contributed by atoms with E-state index in [-0.39, 0.29) is 47.4 Å². The maximum atomic E-state index is 15.0. The number of imide groups is 1. The summed E-state index contributed by atoms with van der Waals surface area (Å²) in [5, 5.41) is 22.5. The predicted octanol–water partition coefficient (Wildman–Crippen LogP) is 6.18. The summed E-state index contributed by atoms with van der Waals surface area (Å²) in [5.41, 5.74) is 2.10. The van der Waals surface area contributed by atoms with Gasteiger partial charge in [0.25, 0.3) is 11.8 Å². The molecular weight excluding hydrogens is 618 g/mol. The number of amides is 2. The molecule has 0 unspecified atom stereocenters. The fraction of sp³-hybridized carbons (Fsp3) is 0.220. The zero-order chi connectivity index (χ0) is 33.9. The summed E-state index contributed by atoms with van der Waals surface area (Å²) in [4.78, 5) is 56.4. The van der Waals surface area contributed by atoms with Gasteiger partial charge in [0.05, 0.1) is 17.3 Å². The first-order chi connectivity index (χ1) is 23.8. The normalized spacial score (nSPS) is 27.5. The number of ketones is 2. The van der Waals surface area contributed by atoms with Gasteiger partial charge in [-0.1, -0.05) is 109 Å². The van der Waals surface area contributed by atoms with Crippen LogP contribution in [0.3, 0.4) is 0 Å². The molecule has 1 saturated carbocycles. The van der Waals surface area contributed by atoms with Gasteiger partial charge in [-0.05, 0) is 47.6 Å². The molecule has 4 aliphatic rings. The van der Waals surface area contributed by atoms with E-state index >= 15 is 4.79 Å². The van der Waals surface area contributed by atoms with Crippen LogP contribution in [0.5, 0.6) is 11.5 Å². The Balaban J connectivity index is 1.33. The van der Waals surface area contributed by atoms with Gasteiger partial charge in [-0.2, -0.15) is 5.06 Å².